The minimum atomic E-state index is -3.56. The fourth-order valence-corrected chi connectivity index (χ4v) is 3.41. The Morgan fingerprint density at radius 2 is 1.94 bits per heavy atom. The Hall–Kier alpha value is -3.41. The van der Waals surface area contributed by atoms with Crippen molar-refractivity contribution in [3.8, 4) is 0 Å². The van der Waals surface area contributed by atoms with E-state index in [1.165, 1.54) is 24.3 Å². The Labute approximate surface area is 179 Å². The normalized spacial score (nSPS) is 15.9. The van der Waals surface area contributed by atoms with Gasteiger partial charge in [0.1, 0.15) is 6.29 Å². The molecule has 1 atom stereocenters. The molecule has 0 saturated heterocycles. The Balaban J connectivity index is 1.85. The fourth-order valence-electron chi connectivity index (χ4n) is 3.41. The van der Waals surface area contributed by atoms with Crippen molar-refractivity contribution in [1.82, 2.24) is 0 Å². The number of halogens is 3. The lowest BCUT2D eigenvalue weighted by molar-refractivity contribution is -0.107. The lowest BCUT2D eigenvalue weighted by atomic mass is 9.92. The van der Waals surface area contributed by atoms with Crippen LogP contribution in [0.4, 0.5) is 18.9 Å². The summed E-state index contributed by atoms with van der Waals surface area (Å²) in [5.41, 5.74) is 2.92. The zero-order valence-corrected chi connectivity index (χ0v) is 16.9. The van der Waals surface area contributed by atoms with Crippen LogP contribution in [-0.2, 0) is 11.2 Å². The first-order valence-electron chi connectivity index (χ1n) is 9.80. The van der Waals surface area contributed by atoms with Crippen LogP contribution in [0.3, 0.4) is 0 Å². The second kappa shape index (κ2) is 9.60. The van der Waals surface area contributed by atoms with Gasteiger partial charge in [-0.05, 0) is 35.7 Å². The summed E-state index contributed by atoms with van der Waals surface area (Å²) in [5.74, 6) is -4.32. The highest BCUT2D eigenvalue weighted by atomic mass is 19.3. The van der Waals surface area contributed by atoms with Gasteiger partial charge in [0.2, 0.25) is 0 Å². The molecule has 3 rings (SSSR count). The second-order valence-electron chi connectivity index (χ2n) is 7.29. The number of hydrogen-bond donors (Lipinski definition) is 1. The molecule has 1 aliphatic rings. The molecule has 1 N–H and O–H groups in total. The molecule has 2 aromatic carbocycles. The number of benzene rings is 2. The summed E-state index contributed by atoms with van der Waals surface area (Å²) in [6, 6.07) is 12.3. The highest BCUT2D eigenvalue weighted by Gasteiger charge is 2.33. The summed E-state index contributed by atoms with van der Waals surface area (Å²) in [4.78, 5) is 23.7. The molecule has 1 unspecified atom stereocenters. The maximum Gasteiger partial charge on any atom is 0.301 e. The molecule has 3 nitrogen and oxygen atoms in total. The molecule has 1 amide bonds. The number of nitrogens with one attached hydrogen (secondary N) is 1. The maximum atomic E-state index is 13.7. The number of carbonyl (C=O) groups excluding carboxylic acids is 2. The zero-order chi connectivity index (χ0) is 22.4. The topological polar surface area (TPSA) is 46.2 Å². The lowest BCUT2D eigenvalue weighted by Crippen LogP contribution is -2.20. The summed E-state index contributed by atoms with van der Waals surface area (Å²) < 4.78 is 40.1. The van der Waals surface area contributed by atoms with Crippen LogP contribution in [0.5, 0.6) is 0 Å². The van der Waals surface area contributed by atoms with E-state index >= 15 is 0 Å². The molecule has 6 heteroatoms. The monoisotopic (exact) mass is 425 g/mol. The van der Waals surface area contributed by atoms with Crippen molar-refractivity contribution in [3.63, 3.8) is 0 Å². The van der Waals surface area contributed by atoms with Gasteiger partial charge in [0.05, 0.1) is 0 Å². The van der Waals surface area contributed by atoms with Gasteiger partial charge in [0, 0.05) is 29.2 Å². The van der Waals surface area contributed by atoms with Crippen LogP contribution < -0.4 is 5.32 Å². The highest BCUT2D eigenvalue weighted by molar-refractivity contribution is 6.06. The molecule has 2 aromatic rings. The van der Waals surface area contributed by atoms with Crippen LogP contribution in [0.15, 0.2) is 78.4 Å². The largest absolute Gasteiger partial charge is 0.322 e. The van der Waals surface area contributed by atoms with E-state index in [-0.39, 0.29) is 5.91 Å². The van der Waals surface area contributed by atoms with Crippen LogP contribution in [0.1, 0.15) is 33.0 Å². The van der Waals surface area contributed by atoms with Crippen LogP contribution in [0.2, 0.25) is 0 Å². The van der Waals surface area contributed by atoms with Crippen molar-refractivity contribution >= 4 is 17.9 Å². The van der Waals surface area contributed by atoms with Crippen molar-refractivity contribution < 1.29 is 22.8 Å². The van der Waals surface area contributed by atoms with Gasteiger partial charge in [-0.25, -0.2) is 4.39 Å². The van der Waals surface area contributed by atoms with Gasteiger partial charge in [0.25, 0.3) is 5.91 Å². The molecule has 0 heterocycles. The Morgan fingerprint density at radius 1 is 1.16 bits per heavy atom. The molecule has 0 radical (unpaired) electrons. The van der Waals surface area contributed by atoms with E-state index in [1.807, 2.05) is 13.0 Å². The summed E-state index contributed by atoms with van der Waals surface area (Å²) in [6.45, 7) is 0.0660. The van der Waals surface area contributed by atoms with Crippen molar-refractivity contribution in [1.29, 1.82) is 0 Å². The number of rotatable bonds is 7. The van der Waals surface area contributed by atoms with Crippen LogP contribution in [0.25, 0.3) is 0 Å². The number of allylic oxidation sites excluding steroid dienone is 6. The molecule has 0 spiro atoms. The average Bonchev–Trinajstić information content (AvgIpc) is 3.03. The highest BCUT2D eigenvalue weighted by Crippen LogP contribution is 2.31. The van der Waals surface area contributed by atoms with Crippen molar-refractivity contribution in [2.24, 2.45) is 0 Å². The van der Waals surface area contributed by atoms with Crippen LogP contribution in [-0.4, -0.2) is 24.8 Å². The van der Waals surface area contributed by atoms with E-state index in [0.717, 1.165) is 17.4 Å². The van der Waals surface area contributed by atoms with Crippen molar-refractivity contribution in [2.75, 3.05) is 12.0 Å². The number of amides is 1. The number of alkyl halides is 3. The number of carbonyl (C=O) groups is 2. The summed E-state index contributed by atoms with van der Waals surface area (Å²) in [5, 5.41) is 2.88. The Bertz CT molecular complexity index is 1070. The number of anilines is 1. The summed E-state index contributed by atoms with van der Waals surface area (Å²) in [7, 11) is 0. The fraction of sp³-hybridized carbons (Fsp3) is 0.200. The van der Waals surface area contributed by atoms with Crippen molar-refractivity contribution in [3.05, 3.63) is 101 Å². The first kappa shape index (κ1) is 22.3. The van der Waals surface area contributed by atoms with Gasteiger partial charge in [-0.15, -0.1) is 0 Å². The molecular weight excluding hydrogens is 403 g/mol. The minimum absolute atomic E-state index is 0.301. The van der Waals surface area contributed by atoms with Crippen LogP contribution >= 0.6 is 0 Å². The summed E-state index contributed by atoms with van der Waals surface area (Å²) >= 11 is 0. The third-order valence-electron chi connectivity index (χ3n) is 5.09. The number of hydrogen-bond acceptors (Lipinski definition) is 2. The zero-order valence-electron chi connectivity index (χ0n) is 16.9. The Kier molecular flexibility index (Phi) is 6.90. The molecule has 0 fully saturated rings. The lowest BCUT2D eigenvalue weighted by Gasteiger charge is -2.16. The number of aldehydes is 1. The second-order valence-corrected chi connectivity index (χ2v) is 7.29. The smallest absolute Gasteiger partial charge is 0.301 e. The number of aryl methyl sites for hydroxylation is 1. The van der Waals surface area contributed by atoms with Crippen LogP contribution in [0, 0.1) is 6.92 Å². The minimum Gasteiger partial charge on any atom is -0.322 e. The first-order chi connectivity index (χ1) is 14.9. The summed E-state index contributed by atoms with van der Waals surface area (Å²) in [6.07, 6.45) is 8.18. The predicted octanol–water partition coefficient (Wildman–Crippen LogP) is 5.73. The van der Waals surface area contributed by atoms with E-state index < -0.39 is 24.1 Å². The van der Waals surface area contributed by atoms with Gasteiger partial charge in [-0.3, -0.25) is 4.79 Å². The molecular formula is C25H22F3NO2. The van der Waals surface area contributed by atoms with E-state index in [0.29, 0.717) is 23.2 Å². The molecule has 0 bridgehead atoms. The molecule has 0 aromatic heterocycles. The van der Waals surface area contributed by atoms with Gasteiger partial charge >= 0.3 is 5.92 Å². The first-order valence-corrected chi connectivity index (χ1v) is 9.80. The van der Waals surface area contributed by atoms with E-state index in [4.69, 9.17) is 0 Å². The molecule has 1 aliphatic carbocycles. The van der Waals surface area contributed by atoms with Gasteiger partial charge in [0.15, 0.2) is 6.67 Å². The van der Waals surface area contributed by atoms with Gasteiger partial charge in [-0.2, -0.15) is 8.78 Å². The van der Waals surface area contributed by atoms with Crippen molar-refractivity contribution in [2.45, 2.75) is 25.2 Å². The third kappa shape index (κ3) is 5.20. The SMILES string of the molecule is Cc1cc(CC=O)ccc1NC(=O)c1ccccc1C1C=CC=C(C(F)(F)CF)C=C1. The van der Waals surface area contributed by atoms with E-state index in [1.54, 1.807) is 42.5 Å². The molecule has 31 heavy (non-hydrogen) atoms. The molecule has 0 saturated carbocycles. The molecule has 0 aliphatic heterocycles. The van der Waals surface area contributed by atoms with Gasteiger partial charge in [-0.1, -0.05) is 60.7 Å². The van der Waals surface area contributed by atoms with E-state index in [9.17, 15) is 22.8 Å². The third-order valence-corrected chi connectivity index (χ3v) is 5.09. The average molecular weight is 425 g/mol. The quantitative estimate of drug-likeness (QED) is 0.576. The predicted molar refractivity (Wildman–Crippen MR) is 115 cm³/mol. The van der Waals surface area contributed by atoms with Gasteiger partial charge < -0.3 is 10.1 Å². The van der Waals surface area contributed by atoms with E-state index in [2.05, 4.69) is 5.32 Å². The Morgan fingerprint density at radius 3 is 2.65 bits per heavy atom. The standard InChI is InChI=1S/C25H22F3NO2/c1-17-15-18(13-14-30)9-12-23(17)29-24(31)22-8-3-2-7-21(22)19-5-4-6-20(11-10-19)25(27,28)16-26/h2-12,14-15,19H,13,16H2,1H3,(H,29,31). The maximum absolute atomic E-state index is 13.7. The molecule has 160 valence electrons.